The number of piperazine rings is 1. The Bertz CT molecular complexity index is 848. The molecule has 1 saturated heterocycles. The first-order chi connectivity index (χ1) is 13.5. The van der Waals surface area contributed by atoms with Crippen LogP contribution in [0.15, 0.2) is 53.6 Å². The van der Waals surface area contributed by atoms with Gasteiger partial charge >= 0.3 is 0 Å². The van der Waals surface area contributed by atoms with Crippen molar-refractivity contribution in [1.29, 1.82) is 0 Å². The van der Waals surface area contributed by atoms with E-state index < -0.39 is 0 Å². The predicted octanol–water partition coefficient (Wildman–Crippen LogP) is 0.817. The van der Waals surface area contributed by atoms with Gasteiger partial charge < -0.3 is 9.80 Å². The highest BCUT2D eigenvalue weighted by molar-refractivity contribution is 6.34. The zero-order valence-electron chi connectivity index (χ0n) is 16.0. The highest BCUT2D eigenvalue weighted by atomic mass is 35.5. The summed E-state index contributed by atoms with van der Waals surface area (Å²) >= 11 is 12.4. The van der Waals surface area contributed by atoms with Crippen molar-refractivity contribution in [2.75, 3.05) is 32.7 Å². The van der Waals surface area contributed by atoms with Crippen molar-refractivity contribution in [3.63, 3.8) is 0 Å². The molecule has 0 bridgehead atoms. The number of amides is 1. The highest BCUT2D eigenvalue weighted by Gasteiger charge is 2.25. The number of nitrogens with one attached hydrogen (secondary N) is 3. The quantitative estimate of drug-likeness (QED) is 0.470. The van der Waals surface area contributed by atoms with Crippen LogP contribution in [0.3, 0.4) is 0 Å². The van der Waals surface area contributed by atoms with Crippen LogP contribution in [0.25, 0.3) is 0 Å². The Morgan fingerprint density at radius 3 is 2.25 bits per heavy atom. The van der Waals surface area contributed by atoms with E-state index in [2.05, 4.69) is 16.6 Å². The number of hydrazone groups is 1. The third-order valence-corrected chi connectivity index (χ3v) is 5.78. The first-order valence-electron chi connectivity index (χ1n) is 9.51. The van der Waals surface area contributed by atoms with Crippen molar-refractivity contribution < 1.29 is 14.6 Å². The molecule has 3 N–H and O–H groups in total. The average Bonchev–Trinajstić information content (AvgIpc) is 2.70. The fourth-order valence-corrected chi connectivity index (χ4v) is 3.92. The lowest BCUT2D eigenvalue weighted by atomic mass is 10.1. The van der Waals surface area contributed by atoms with Crippen molar-refractivity contribution in [1.82, 2.24) is 5.43 Å². The topological polar surface area (TPSA) is 50.3 Å². The Morgan fingerprint density at radius 2 is 1.57 bits per heavy atom. The van der Waals surface area contributed by atoms with Gasteiger partial charge in [0.1, 0.15) is 32.7 Å². The number of nitrogens with zero attached hydrogens (tertiary/aromatic N) is 1. The number of carbonyl (C=O) groups excluding carboxylic acids is 1. The van der Waals surface area contributed by atoms with Crippen LogP contribution in [0.2, 0.25) is 10.0 Å². The first kappa shape index (κ1) is 20.8. The van der Waals surface area contributed by atoms with Crippen LogP contribution in [0.1, 0.15) is 18.1 Å². The van der Waals surface area contributed by atoms with Crippen LogP contribution in [-0.2, 0) is 11.3 Å². The van der Waals surface area contributed by atoms with Crippen molar-refractivity contribution in [2.24, 2.45) is 5.10 Å². The molecule has 2 aromatic rings. The zero-order valence-corrected chi connectivity index (χ0v) is 17.5. The van der Waals surface area contributed by atoms with Crippen LogP contribution in [0, 0.1) is 0 Å². The van der Waals surface area contributed by atoms with E-state index in [4.69, 9.17) is 23.2 Å². The molecule has 5 nitrogen and oxygen atoms in total. The fourth-order valence-electron chi connectivity index (χ4n) is 3.45. The second kappa shape index (κ2) is 10.0. The van der Waals surface area contributed by atoms with E-state index in [1.807, 2.05) is 49.4 Å². The number of hydrogen-bond acceptors (Lipinski definition) is 2. The van der Waals surface area contributed by atoms with Gasteiger partial charge in [0.15, 0.2) is 6.54 Å². The first-order valence-corrected chi connectivity index (χ1v) is 10.3. The minimum absolute atomic E-state index is 0.0732. The third-order valence-electron chi connectivity index (χ3n) is 5.09. The predicted molar refractivity (Wildman–Crippen MR) is 113 cm³/mol. The summed E-state index contributed by atoms with van der Waals surface area (Å²) in [5.41, 5.74) is 5.37. The minimum atomic E-state index is -0.0732. The maximum atomic E-state index is 12.3. The Labute approximate surface area is 175 Å². The summed E-state index contributed by atoms with van der Waals surface area (Å²) in [7, 11) is 0. The van der Waals surface area contributed by atoms with Crippen molar-refractivity contribution in [2.45, 2.75) is 13.5 Å². The van der Waals surface area contributed by atoms with E-state index in [1.54, 1.807) is 0 Å². The molecule has 0 aromatic heterocycles. The van der Waals surface area contributed by atoms with Crippen molar-refractivity contribution >= 4 is 34.8 Å². The largest absolute Gasteiger partial charge is 0.322 e. The molecule has 1 aliphatic rings. The van der Waals surface area contributed by atoms with Gasteiger partial charge in [0.2, 0.25) is 0 Å². The molecule has 0 radical (unpaired) electrons. The number of carbonyl (C=O) groups is 1. The Hall–Kier alpha value is -1.92. The Balaban J connectivity index is 1.44. The number of hydrogen-bond donors (Lipinski definition) is 3. The lowest BCUT2D eigenvalue weighted by Gasteiger charge is -2.29. The van der Waals surface area contributed by atoms with Gasteiger partial charge in [-0.1, -0.05) is 59.6 Å². The molecule has 2 aromatic carbocycles. The average molecular weight is 421 g/mol. The van der Waals surface area contributed by atoms with Crippen LogP contribution in [0.5, 0.6) is 0 Å². The van der Waals surface area contributed by atoms with Gasteiger partial charge in [-0.05, 0) is 19.1 Å². The molecule has 1 aliphatic heterocycles. The second-order valence-corrected chi connectivity index (χ2v) is 7.97. The molecule has 28 heavy (non-hydrogen) atoms. The molecule has 7 heteroatoms. The third kappa shape index (κ3) is 5.79. The Morgan fingerprint density at radius 1 is 0.964 bits per heavy atom. The van der Waals surface area contributed by atoms with Crippen LogP contribution < -0.4 is 15.2 Å². The number of quaternary nitrogens is 2. The monoisotopic (exact) mass is 420 g/mol. The van der Waals surface area contributed by atoms with E-state index in [9.17, 15) is 4.79 Å². The SMILES string of the molecule is C/C(=N\NC(=O)C[NH+]1CC[NH+](Cc2ccccc2Cl)CC1)c1ccccc1Cl. The van der Waals surface area contributed by atoms with E-state index in [-0.39, 0.29) is 5.91 Å². The van der Waals surface area contributed by atoms with E-state index in [0.717, 1.165) is 43.3 Å². The summed E-state index contributed by atoms with van der Waals surface area (Å²) in [6.45, 7) is 7.16. The molecule has 1 amide bonds. The maximum absolute atomic E-state index is 12.3. The number of rotatable bonds is 6. The molecular formula is C21H26Cl2N4O+2. The van der Waals surface area contributed by atoms with Crippen molar-refractivity contribution in [3.05, 3.63) is 69.7 Å². The van der Waals surface area contributed by atoms with Crippen LogP contribution in [0.4, 0.5) is 0 Å². The van der Waals surface area contributed by atoms with Crippen LogP contribution >= 0.6 is 23.2 Å². The molecule has 0 saturated carbocycles. The van der Waals surface area contributed by atoms with E-state index >= 15 is 0 Å². The second-order valence-electron chi connectivity index (χ2n) is 7.16. The molecule has 1 fully saturated rings. The summed E-state index contributed by atoms with van der Waals surface area (Å²) in [6, 6.07) is 15.5. The molecule has 0 aliphatic carbocycles. The van der Waals surface area contributed by atoms with Gasteiger partial charge in [0.25, 0.3) is 5.91 Å². The van der Waals surface area contributed by atoms with Gasteiger partial charge in [0, 0.05) is 21.2 Å². The van der Waals surface area contributed by atoms with Gasteiger partial charge in [-0.15, -0.1) is 0 Å². The summed E-state index contributed by atoms with van der Waals surface area (Å²) in [5, 5.41) is 5.66. The number of benzene rings is 2. The lowest BCUT2D eigenvalue weighted by molar-refractivity contribution is -1.02. The molecule has 1 heterocycles. The maximum Gasteiger partial charge on any atom is 0.295 e. The number of halogens is 2. The van der Waals surface area contributed by atoms with Gasteiger partial charge in [-0.2, -0.15) is 5.10 Å². The molecule has 3 rings (SSSR count). The van der Waals surface area contributed by atoms with E-state index in [1.165, 1.54) is 15.4 Å². The van der Waals surface area contributed by atoms with Gasteiger partial charge in [-0.25, -0.2) is 5.43 Å². The van der Waals surface area contributed by atoms with Gasteiger partial charge in [0.05, 0.1) is 5.71 Å². The summed E-state index contributed by atoms with van der Waals surface area (Å²) in [5.74, 6) is -0.0732. The molecule has 148 valence electrons. The van der Waals surface area contributed by atoms with Gasteiger partial charge in [-0.3, -0.25) is 4.79 Å². The smallest absolute Gasteiger partial charge is 0.295 e. The van der Waals surface area contributed by atoms with Crippen LogP contribution in [-0.4, -0.2) is 44.3 Å². The molecular weight excluding hydrogens is 395 g/mol. The molecule has 0 atom stereocenters. The summed E-state index contributed by atoms with van der Waals surface area (Å²) in [6.07, 6.45) is 0. The molecule has 0 spiro atoms. The fraction of sp³-hybridized carbons (Fsp3) is 0.333. The zero-order chi connectivity index (χ0) is 19.9. The van der Waals surface area contributed by atoms with E-state index in [0.29, 0.717) is 17.3 Å². The summed E-state index contributed by atoms with van der Waals surface area (Å²) in [4.78, 5) is 15.0. The van der Waals surface area contributed by atoms with Crippen molar-refractivity contribution in [3.8, 4) is 0 Å². The molecule has 0 unspecified atom stereocenters. The minimum Gasteiger partial charge on any atom is -0.322 e. The highest BCUT2D eigenvalue weighted by Crippen LogP contribution is 2.15. The lowest BCUT2D eigenvalue weighted by Crippen LogP contribution is -3.28. The Kier molecular flexibility index (Phi) is 7.45. The standard InChI is InChI=1S/C21H24Cl2N4O/c1-16(18-7-3-5-9-20(18)23)24-25-21(28)15-27-12-10-26(11-13-27)14-17-6-2-4-8-19(17)22/h2-9H,10-15H2,1H3,(H,25,28)/p+2/b24-16+. The summed E-state index contributed by atoms with van der Waals surface area (Å²) < 4.78 is 0. The normalized spacial score (nSPS) is 20.0.